The van der Waals surface area contributed by atoms with E-state index < -0.39 is 0 Å². The largest absolute Gasteiger partial charge is 0.383 e. The van der Waals surface area contributed by atoms with Crippen LogP contribution in [0.15, 0.2) is 30.3 Å². The number of nitrogens with one attached hydrogen (secondary N) is 1. The molecule has 2 aromatic rings. The summed E-state index contributed by atoms with van der Waals surface area (Å²) >= 11 is 0. The Morgan fingerprint density at radius 1 is 1.17 bits per heavy atom. The fraction of sp³-hybridized carbons (Fsp3) is 0.231. The van der Waals surface area contributed by atoms with E-state index in [0.29, 0.717) is 11.6 Å². The van der Waals surface area contributed by atoms with Gasteiger partial charge in [-0.1, -0.05) is 29.8 Å². The van der Waals surface area contributed by atoms with E-state index in [0.717, 1.165) is 13.0 Å². The highest BCUT2D eigenvalue weighted by molar-refractivity contribution is 5.48. The Balaban J connectivity index is 1.92. The highest BCUT2D eigenvalue weighted by atomic mass is 15.1. The third kappa shape index (κ3) is 3.35. The monoisotopic (exact) mass is 243 g/mol. The molecule has 1 aromatic heterocycles. The maximum atomic E-state index is 5.59. The summed E-state index contributed by atoms with van der Waals surface area (Å²) < 4.78 is 0. The van der Waals surface area contributed by atoms with Gasteiger partial charge < -0.3 is 16.8 Å². The van der Waals surface area contributed by atoms with Crippen LogP contribution in [0.1, 0.15) is 11.1 Å². The predicted octanol–water partition coefficient (Wildman–Crippen LogP) is 1.60. The number of rotatable bonds is 4. The van der Waals surface area contributed by atoms with Gasteiger partial charge in [-0.25, -0.2) is 0 Å². The first-order valence-corrected chi connectivity index (χ1v) is 5.83. The van der Waals surface area contributed by atoms with Gasteiger partial charge in [0.05, 0.1) is 0 Å². The fourth-order valence-electron chi connectivity index (χ4n) is 1.78. The standard InChI is InChI=1S/C13H17N5/c1-9-3-2-4-10(7-9)5-6-16-12-8-11(14)17-13(15)18-12/h2-4,7-8H,5-6H2,1H3,(H5,14,15,16,17,18). The topological polar surface area (TPSA) is 89.8 Å². The SMILES string of the molecule is Cc1cccc(CCNc2cc(N)nc(N)n2)c1. The zero-order chi connectivity index (χ0) is 13.0. The number of aromatic nitrogens is 2. The summed E-state index contributed by atoms with van der Waals surface area (Å²) in [4.78, 5) is 7.87. The minimum atomic E-state index is 0.188. The third-order valence-corrected chi connectivity index (χ3v) is 2.57. The Morgan fingerprint density at radius 3 is 2.72 bits per heavy atom. The van der Waals surface area contributed by atoms with Crippen LogP contribution in [0, 0.1) is 6.92 Å². The highest BCUT2D eigenvalue weighted by Crippen LogP contribution is 2.10. The molecule has 0 aliphatic heterocycles. The van der Waals surface area contributed by atoms with E-state index in [2.05, 4.69) is 46.5 Å². The summed E-state index contributed by atoms with van der Waals surface area (Å²) in [6, 6.07) is 10.1. The molecule has 1 aromatic carbocycles. The summed E-state index contributed by atoms with van der Waals surface area (Å²) in [6.45, 7) is 2.86. The van der Waals surface area contributed by atoms with Crippen molar-refractivity contribution in [1.82, 2.24) is 9.97 Å². The van der Waals surface area contributed by atoms with Gasteiger partial charge in [0, 0.05) is 12.6 Å². The molecule has 1 heterocycles. The Bertz CT molecular complexity index is 518. The number of hydrogen-bond donors (Lipinski definition) is 3. The third-order valence-electron chi connectivity index (χ3n) is 2.57. The minimum Gasteiger partial charge on any atom is -0.383 e. The van der Waals surface area contributed by atoms with Gasteiger partial charge in [0.2, 0.25) is 5.95 Å². The molecule has 0 aliphatic carbocycles. The summed E-state index contributed by atoms with van der Waals surface area (Å²) in [5.41, 5.74) is 13.7. The molecule has 2 rings (SSSR count). The van der Waals surface area contributed by atoms with E-state index in [1.807, 2.05) is 0 Å². The van der Waals surface area contributed by atoms with Crippen molar-refractivity contribution in [2.75, 3.05) is 23.3 Å². The molecular formula is C13H17N5. The van der Waals surface area contributed by atoms with E-state index in [4.69, 9.17) is 11.5 Å². The number of benzene rings is 1. The average molecular weight is 243 g/mol. The molecule has 5 N–H and O–H groups in total. The van der Waals surface area contributed by atoms with Crippen LogP contribution < -0.4 is 16.8 Å². The van der Waals surface area contributed by atoms with Gasteiger partial charge in [0.25, 0.3) is 0 Å². The lowest BCUT2D eigenvalue weighted by Gasteiger charge is -2.07. The van der Waals surface area contributed by atoms with Crippen molar-refractivity contribution in [2.24, 2.45) is 0 Å². The molecule has 0 radical (unpaired) electrons. The number of nitrogen functional groups attached to an aromatic ring is 2. The first kappa shape index (κ1) is 12.2. The van der Waals surface area contributed by atoms with Crippen LogP contribution in [0.25, 0.3) is 0 Å². The normalized spacial score (nSPS) is 10.3. The molecule has 0 fully saturated rings. The molecule has 94 valence electrons. The lowest BCUT2D eigenvalue weighted by molar-refractivity contribution is 1.00. The van der Waals surface area contributed by atoms with Gasteiger partial charge in [-0.2, -0.15) is 9.97 Å². The second-order valence-electron chi connectivity index (χ2n) is 4.20. The Labute approximate surface area is 106 Å². The number of aryl methyl sites for hydroxylation is 1. The first-order chi connectivity index (χ1) is 8.63. The molecule has 0 unspecified atom stereocenters. The van der Waals surface area contributed by atoms with Crippen LogP contribution in [0.3, 0.4) is 0 Å². The molecule has 5 nitrogen and oxygen atoms in total. The second kappa shape index (κ2) is 5.35. The average Bonchev–Trinajstić information content (AvgIpc) is 2.27. The van der Waals surface area contributed by atoms with Crippen LogP contribution in [0.4, 0.5) is 17.6 Å². The van der Waals surface area contributed by atoms with Crippen molar-refractivity contribution in [3.63, 3.8) is 0 Å². The molecule has 0 aliphatic rings. The molecule has 0 spiro atoms. The van der Waals surface area contributed by atoms with Crippen molar-refractivity contribution >= 4 is 17.6 Å². The second-order valence-corrected chi connectivity index (χ2v) is 4.20. The van der Waals surface area contributed by atoms with Gasteiger partial charge in [-0.3, -0.25) is 0 Å². The van der Waals surface area contributed by atoms with Crippen LogP contribution in [-0.4, -0.2) is 16.5 Å². The number of nitrogens with zero attached hydrogens (tertiary/aromatic N) is 2. The maximum Gasteiger partial charge on any atom is 0.223 e. The van der Waals surface area contributed by atoms with E-state index >= 15 is 0 Å². The number of nitrogens with two attached hydrogens (primary N) is 2. The van der Waals surface area contributed by atoms with Crippen LogP contribution in [-0.2, 0) is 6.42 Å². The van der Waals surface area contributed by atoms with Crippen molar-refractivity contribution in [3.05, 3.63) is 41.5 Å². The Morgan fingerprint density at radius 2 is 2.00 bits per heavy atom. The van der Waals surface area contributed by atoms with Crippen molar-refractivity contribution < 1.29 is 0 Å². The van der Waals surface area contributed by atoms with Crippen LogP contribution in [0.2, 0.25) is 0 Å². The molecule has 0 atom stereocenters. The highest BCUT2D eigenvalue weighted by Gasteiger charge is 1.99. The molecule has 0 bridgehead atoms. The maximum absolute atomic E-state index is 5.59. The predicted molar refractivity (Wildman–Crippen MR) is 74.2 cm³/mol. The van der Waals surface area contributed by atoms with Crippen molar-refractivity contribution in [3.8, 4) is 0 Å². The van der Waals surface area contributed by atoms with Gasteiger partial charge >= 0.3 is 0 Å². The van der Waals surface area contributed by atoms with Crippen molar-refractivity contribution in [1.29, 1.82) is 0 Å². The van der Waals surface area contributed by atoms with E-state index in [9.17, 15) is 0 Å². The van der Waals surface area contributed by atoms with Crippen LogP contribution >= 0.6 is 0 Å². The zero-order valence-electron chi connectivity index (χ0n) is 10.4. The fourth-order valence-corrected chi connectivity index (χ4v) is 1.78. The van der Waals surface area contributed by atoms with E-state index in [-0.39, 0.29) is 5.95 Å². The van der Waals surface area contributed by atoms with E-state index in [1.54, 1.807) is 6.07 Å². The lowest BCUT2D eigenvalue weighted by Crippen LogP contribution is -2.09. The quantitative estimate of drug-likeness (QED) is 0.759. The van der Waals surface area contributed by atoms with Gasteiger partial charge in [0.1, 0.15) is 11.6 Å². The lowest BCUT2D eigenvalue weighted by atomic mass is 10.1. The van der Waals surface area contributed by atoms with Crippen LogP contribution in [0.5, 0.6) is 0 Å². The summed E-state index contributed by atoms with van der Waals surface area (Å²) in [7, 11) is 0. The molecular weight excluding hydrogens is 226 g/mol. The van der Waals surface area contributed by atoms with Crippen molar-refractivity contribution in [2.45, 2.75) is 13.3 Å². The number of anilines is 3. The molecule has 0 saturated heterocycles. The molecule has 0 saturated carbocycles. The Hall–Kier alpha value is -2.30. The molecule has 18 heavy (non-hydrogen) atoms. The molecule has 0 amide bonds. The zero-order valence-corrected chi connectivity index (χ0v) is 10.4. The summed E-state index contributed by atoms with van der Waals surface area (Å²) in [6.07, 6.45) is 0.922. The van der Waals surface area contributed by atoms with Gasteiger partial charge in [-0.05, 0) is 18.9 Å². The number of hydrogen-bond acceptors (Lipinski definition) is 5. The summed E-state index contributed by atoms with van der Waals surface area (Å²) in [5.74, 6) is 1.22. The van der Waals surface area contributed by atoms with E-state index in [1.165, 1.54) is 11.1 Å². The Kier molecular flexibility index (Phi) is 3.62. The summed E-state index contributed by atoms with van der Waals surface area (Å²) in [5, 5.41) is 3.18. The smallest absolute Gasteiger partial charge is 0.223 e. The van der Waals surface area contributed by atoms with Gasteiger partial charge in [0.15, 0.2) is 0 Å². The van der Waals surface area contributed by atoms with Gasteiger partial charge in [-0.15, -0.1) is 0 Å². The minimum absolute atomic E-state index is 0.188. The first-order valence-electron chi connectivity index (χ1n) is 5.83. The molecule has 5 heteroatoms.